The summed E-state index contributed by atoms with van der Waals surface area (Å²) in [5, 5.41) is 12.0. The van der Waals surface area contributed by atoms with Gasteiger partial charge in [0, 0.05) is 12.6 Å². The van der Waals surface area contributed by atoms with Crippen molar-refractivity contribution in [1.82, 2.24) is 10.2 Å². The van der Waals surface area contributed by atoms with Crippen LogP contribution in [0, 0.1) is 0 Å². The lowest BCUT2D eigenvalue weighted by molar-refractivity contribution is -0.133. The van der Waals surface area contributed by atoms with E-state index in [0.29, 0.717) is 13.1 Å². The summed E-state index contributed by atoms with van der Waals surface area (Å²) in [6.07, 6.45) is 1.61. The zero-order valence-corrected chi connectivity index (χ0v) is 9.22. The maximum absolute atomic E-state index is 11.6. The second kappa shape index (κ2) is 4.67. The summed E-state index contributed by atoms with van der Waals surface area (Å²) in [4.78, 5) is 13.5. The number of hydrogen-bond donors (Lipinski definition) is 2. The van der Waals surface area contributed by atoms with Crippen molar-refractivity contribution in [2.75, 3.05) is 13.2 Å². The molecule has 1 aliphatic rings. The van der Waals surface area contributed by atoms with E-state index in [0.717, 1.165) is 5.76 Å². The third-order valence-corrected chi connectivity index (χ3v) is 2.93. The number of nitrogens with zero attached hydrogens (tertiary/aromatic N) is 1. The molecule has 5 nitrogen and oxygen atoms in total. The number of carbonyl (C=O) groups excluding carboxylic acids is 1. The Kier molecular flexibility index (Phi) is 3.26. The van der Waals surface area contributed by atoms with Crippen LogP contribution in [-0.4, -0.2) is 41.1 Å². The Morgan fingerprint density at radius 1 is 1.69 bits per heavy atom. The molecule has 2 heterocycles. The van der Waals surface area contributed by atoms with Gasteiger partial charge in [-0.05, 0) is 19.1 Å². The zero-order chi connectivity index (χ0) is 11.5. The zero-order valence-electron chi connectivity index (χ0n) is 9.22. The molecule has 16 heavy (non-hydrogen) atoms. The summed E-state index contributed by atoms with van der Waals surface area (Å²) in [5.74, 6) is 0.687. The van der Waals surface area contributed by atoms with E-state index >= 15 is 0 Å². The molecule has 0 spiro atoms. The third kappa shape index (κ3) is 2.10. The molecule has 88 valence electrons. The van der Waals surface area contributed by atoms with Crippen molar-refractivity contribution >= 4 is 5.91 Å². The van der Waals surface area contributed by atoms with Crippen molar-refractivity contribution in [3.63, 3.8) is 0 Å². The first kappa shape index (κ1) is 11.2. The third-order valence-electron chi connectivity index (χ3n) is 2.93. The highest BCUT2D eigenvalue weighted by Crippen LogP contribution is 2.15. The smallest absolute Gasteiger partial charge is 0.239 e. The minimum atomic E-state index is -0.478. The van der Waals surface area contributed by atoms with E-state index in [4.69, 9.17) is 4.42 Å². The average molecular weight is 224 g/mol. The van der Waals surface area contributed by atoms with Gasteiger partial charge >= 0.3 is 0 Å². The Morgan fingerprint density at radius 2 is 2.50 bits per heavy atom. The lowest BCUT2D eigenvalue weighted by atomic mass is 10.1. The van der Waals surface area contributed by atoms with Gasteiger partial charge in [-0.25, -0.2) is 0 Å². The first-order valence-corrected chi connectivity index (χ1v) is 5.39. The van der Waals surface area contributed by atoms with Gasteiger partial charge in [0.25, 0.3) is 0 Å². The number of piperazine rings is 1. The van der Waals surface area contributed by atoms with Crippen molar-refractivity contribution in [1.29, 1.82) is 0 Å². The number of amides is 1. The molecule has 1 aliphatic heterocycles. The summed E-state index contributed by atoms with van der Waals surface area (Å²) >= 11 is 0. The van der Waals surface area contributed by atoms with Gasteiger partial charge in [0.15, 0.2) is 0 Å². The van der Waals surface area contributed by atoms with E-state index < -0.39 is 6.04 Å². The molecule has 2 unspecified atom stereocenters. The summed E-state index contributed by atoms with van der Waals surface area (Å²) in [5.41, 5.74) is 0. The highest BCUT2D eigenvalue weighted by Gasteiger charge is 2.33. The van der Waals surface area contributed by atoms with Gasteiger partial charge < -0.3 is 14.8 Å². The summed E-state index contributed by atoms with van der Waals surface area (Å²) in [6, 6.07) is 3.40. The Labute approximate surface area is 94.0 Å². The van der Waals surface area contributed by atoms with E-state index in [1.165, 1.54) is 0 Å². The fourth-order valence-corrected chi connectivity index (χ4v) is 1.98. The number of rotatable bonds is 3. The molecule has 0 saturated carbocycles. The fourth-order valence-electron chi connectivity index (χ4n) is 1.98. The maximum Gasteiger partial charge on any atom is 0.239 e. The van der Waals surface area contributed by atoms with E-state index in [9.17, 15) is 9.90 Å². The Hall–Kier alpha value is -1.33. The minimum absolute atomic E-state index is 0.118. The van der Waals surface area contributed by atoms with Crippen LogP contribution in [0.15, 0.2) is 22.8 Å². The maximum atomic E-state index is 11.6. The van der Waals surface area contributed by atoms with Crippen LogP contribution in [0.25, 0.3) is 0 Å². The monoisotopic (exact) mass is 224 g/mol. The summed E-state index contributed by atoms with van der Waals surface area (Å²) in [6.45, 7) is 3.00. The molecular formula is C11H16N2O3. The first-order chi connectivity index (χ1) is 7.72. The van der Waals surface area contributed by atoms with Crippen molar-refractivity contribution < 1.29 is 14.3 Å². The van der Waals surface area contributed by atoms with Crippen LogP contribution < -0.4 is 5.32 Å². The predicted molar refractivity (Wildman–Crippen MR) is 57.6 cm³/mol. The number of aliphatic hydroxyl groups excluding tert-OH is 1. The highest BCUT2D eigenvalue weighted by atomic mass is 16.3. The summed E-state index contributed by atoms with van der Waals surface area (Å²) in [7, 11) is 0. The molecule has 2 rings (SSSR count). The van der Waals surface area contributed by atoms with Crippen LogP contribution >= 0.6 is 0 Å². The van der Waals surface area contributed by atoms with Crippen LogP contribution in [0.1, 0.15) is 12.7 Å². The number of carbonyl (C=O) groups is 1. The largest absolute Gasteiger partial charge is 0.468 e. The molecule has 1 saturated heterocycles. The topological polar surface area (TPSA) is 65.7 Å². The number of furan rings is 1. The lowest BCUT2D eigenvalue weighted by Gasteiger charge is -2.38. The summed E-state index contributed by atoms with van der Waals surface area (Å²) < 4.78 is 5.26. The van der Waals surface area contributed by atoms with Gasteiger partial charge in [-0.15, -0.1) is 0 Å². The quantitative estimate of drug-likeness (QED) is 0.756. The molecule has 0 aromatic carbocycles. The van der Waals surface area contributed by atoms with Crippen LogP contribution in [0.3, 0.4) is 0 Å². The molecule has 1 amide bonds. The van der Waals surface area contributed by atoms with Gasteiger partial charge in [0.1, 0.15) is 11.8 Å². The van der Waals surface area contributed by atoms with Gasteiger partial charge in [-0.2, -0.15) is 0 Å². The van der Waals surface area contributed by atoms with E-state index in [1.807, 2.05) is 24.0 Å². The molecule has 2 N–H and O–H groups in total. The van der Waals surface area contributed by atoms with Crippen LogP contribution in [0.2, 0.25) is 0 Å². The van der Waals surface area contributed by atoms with Gasteiger partial charge in [-0.1, -0.05) is 0 Å². The van der Waals surface area contributed by atoms with Crippen LogP contribution in [0.5, 0.6) is 0 Å². The van der Waals surface area contributed by atoms with Crippen molar-refractivity contribution in [2.24, 2.45) is 0 Å². The number of nitrogens with one attached hydrogen (secondary N) is 1. The first-order valence-electron chi connectivity index (χ1n) is 5.39. The fraction of sp³-hybridized carbons (Fsp3) is 0.545. The molecule has 0 radical (unpaired) electrons. The molecule has 1 aromatic rings. The van der Waals surface area contributed by atoms with Gasteiger partial charge in [-0.3, -0.25) is 9.69 Å². The Balaban J connectivity index is 2.11. The second-order valence-electron chi connectivity index (χ2n) is 4.04. The van der Waals surface area contributed by atoms with Gasteiger partial charge in [0.05, 0.1) is 19.4 Å². The molecule has 0 bridgehead atoms. The van der Waals surface area contributed by atoms with E-state index in [-0.39, 0.29) is 18.6 Å². The van der Waals surface area contributed by atoms with Crippen LogP contribution in [-0.2, 0) is 11.3 Å². The van der Waals surface area contributed by atoms with E-state index in [2.05, 4.69) is 5.32 Å². The molecule has 1 aromatic heterocycles. The molecular weight excluding hydrogens is 208 g/mol. The van der Waals surface area contributed by atoms with Gasteiger partial charge in [0.2, 0.25) is 5.91 Å². The van der Waals surface area contributed by atoms with E-state index in [1.54, 1.807) is 6.26 Å². The minimum Gasteiger partial charge on any atom is -0.468 e. The second-order valence-corrected chi connectivity index (χ2v) is 4.04. The molecule has 0 aliphatic carbocycles. The molecule has 5 heteroatoms. The number of hydrogen-bond acceptors (Lipinski definition) is 4. The average Bonchev–Trinajstić information content (AvgIpc) is 2.77. The molecule has 1 fully saturated rings. The Bertz CT molecular complexity index is 350. The Morgan fingerprint density at radius 3 is 3.12 bits per heavy atom. The normalized spacial score (nSPS) is 26.8. The standard InChI is InChI=1S/C11H16N2O3/c1-8-5-12-11(15)10(7-14)13(8)6-9-3-2-4-16-9/h2-4,8,10,14H,5-7H2,1H3,(H,12,15). The van der Waals surface area contributed by atoms with Crippen molar-refractivity contribution in [2.45, 2.75) is 25.6 Å². The predicted octanol–water partition coefficient (Wildman–Crippen LogP) is -0.0392. The van der Waals surface area contributed by atoms with Crippen LogP contribution in [0.4, 0.5) is 0 Å². The highest BCUT2D eigenvalue weighted by molar-refractivity contribution is 5.82. The van der Waals surface area contributed by atoms with Crippen molar-refractivity contribution in [3.05, 3.63) is 24.2 Å². The lowest BCUT2D eigenvalue weighted by Crippen LogP contribution is -2.60. The van der Waals surface area contributed by atoms with Crippen molar-refractivity contribution in [3.8, 4) is 0 Å². The molecule has 2 atom stereocenters. The SMILES string of the molecule is CC1CNC(=O)C(CO)N1Cc1ccco1. The number of aliphatic hydroxyl groups is 1.